The van der Waals surface area contributed by atoms with E-state index in [4.69, 9.17) is 18.9 Å². The molecule has 1 unspecified atom stereocenters. The van der Waals surface area contributed by atoms with Gasteiger partial charge in [-0.1, -0.05) is 34.1 Å². The number of ether oxygens (including phenoxy) is 4. The number of hydrogen-bond acceptors (Lipinski definition) is 26. The summed E-state index contributed by atoms with van der Waals surface area (Å²) in [6, 6.07) is 4.41. The molecule has 15 atom stereocenters. The van der Waals surface area contributed by atoms with Gasteiger partial charge < -0.3 is 89.7 Å². The Balaban J connectivity index is 0.00000748. The van der Waals surface area contributed by atoms with Crippen LogP contribution in [0.25, 0.3) is 0 Å². The Morgan fingerprint density at radius 1 is 0.881 bits per heavy atom. The van der Waals surface area contributed by atoms with Crippen molar-refractivity contribution in [2.75, 3.05) is 36.1 Å². The summed E-state index contributed by atoms with van der Waals surface area (Å²) >= 11 is 0. The predicted octanol–water partition coefficient (Wildman–Crippen LogP) is -14.3. The number of benzene rings is 1. The van der Waals surface area contributed by atoms with Crippen LogP contribution in [0.15, 0.2) is 24.3 Å². The van der Waals surface area contributed by atoms with E-state index in [2.05, 4.69) is 24.3 Å². The van der Waals surface area contributed by atoms with Gasteiger partial charge in [0.05, 0.1) is 25.3 Å². The average Bonchev–Trinajstić information content (AvgIpc) is 3.74. The van der Waals surface area contributed by atoms with Crippen molar-refractivity contribution in [3.05, 3.63) is 24.3 Å². The number of carbonyl (C=O) groups is 3. The molecule has 0 spiro atoms. The number of carbonyl (C=O) groups excluding carboxylic acids is 3. The predicted molar refractivity (Wildman–Crippen MR) is 214 cm³/mol. The Labute approximate surface area is 459 Å². The van der Waals surface area contributed by atoms with Gasteiger partial charge in [0.2, 0.25) is 32.6 Å². The number of nitrogens with one attached hydrogen (secondary N) is 3. The topological polar surface area (TPSA) is 422 Å². The Hall–Kier alpha value is 0.430. The van der Waals surface area contributed by atoms with Crippen molar-refractivity contribution >= 4 is 71.5 Å². The zero-order valence-electron chi connectivity index (χ0n) is 36.6. The molecule has 33 heteroatoms. The molecule has 0 aliphatic carbocycles. The summed E-state index contributed by atoms with van der Waals surface area (Å²) in [6.45, 7) is -1.85. The molecule has 26 nitrogen and oxygen atoms in total. The van der Waals surface area contributed by atoms with Gasteiger partial charge in [0, 0.05) is 42.3 Å². The first kappa shape index (κ1) is 65.4. The van der Waals surface area contributed by atoms with E-state index in [1.165, 1.54) is 0 Å². The van der Waals surface area contributed by atoms with Crippen molar-refractivity contribution in [2.24, 2.45) is 0 Å². The van der Waals surface area contributed by atoms with Crippen LogP contribution < -0.4 is 110 Å². The fourth-order valence-electron chi connectivity index (χ4n) is 6.78. The molecule has 0 radical (unpaired) electrons. The van der Waals surface area contributed by atoms with Gasteiger partial charge in [0.15, 0.2) is 12.6 Å². The van der Waals surface area contributed by atoms with Crippen LogP contribution >= 0.6 is 21.6 Å². The third-order valence-electron chi connectivity index (χ3n) is 9.86. The molecule has 3 saturated heterocycles. The van der Waals surface area contributed by atoms with Crippen LogP contribution in [-0.4, -0.2) is 196 Å². The van der Waals surface area contributed by atoms with Crippen molar-refractivity contribution in [3.63, 3.8) is 0 Å². The molecule has 0 bridgehead atoms. The summed E-state index contributed by atoms with van der Waals surface area (Å²) in [5, 5.41) is 94.3. The molecule has 0 aromatic heterocycles. The van der Waals surface area contributed by atoms with Gasteiger partial charge in [-0.2, -0.15) is 0 Å². The van der Waals surface area contributed by atoms with Crippen LogP contribution in [-0.2, 0) is 62.5 Å². The van der Waals surface area contributed by atoms with Gasteiger partial charge in [0.25, 0.3) is 0 Å². The number of rotatable bonds is 24. The second kappa shape index (κ2) is 30.6. The minimum absolute atomic E-state index is 0. The average molecular weight is 1070 g/mol. The Kier molecular flexibility index (Phi) is 29.9. The molecular formula is C34H50N3Na3O23S4. The summed E-state index contributed by atoms with van der Waals surface area (Å²) in [5.41, 5.74) is 0.845. The van der Waals surface area contributed by atoms with Gasteiger partial charge in [-0.25, -0.2) is 16.8 Å². The number of amides is 2. The van der Waals surface area contributed by atoms with E-state index < -0.39 is 138 Å². The molecule has 3 heterocycles. The second-order valence-corrected chi connectivity index (χ2v) is 19.6. The minimum Gasteiger partial charge on any atom is -0.726 e. The largest absolute Gasteiger partial charge is 1.00 e. The number of aliphatic hydroxyl groups is 7. The van der Waals surface area contributed by atoms with Crippen LogP contribution in [0.4, 0.5) is 11.4 Å². The normalized spacial score (nSPS) is 29.4. The van der Waals surface area contributed by atoms with Crippen molar-refractivity contribution in [2.45, 2.75) is 130 Å². The number of unbranched alkanes of at least 4 members (excludes halogenated alkanes) is 1. The van der Waals surface area contributed by atoms with E-state index >= 15 is 0 Å². The quantitative estimate of drug-likeness (QED) is 0.0151. The summed E-state index contributed by atoms with van der Waals surface area (Å²) in [4.78, 5) is 36.6. The third-order valence-corrected chi connectivity index (χ3v) is 13.8. The van der Waals surface area contributed by atoms with Crippen molar-refractivity contribution in [3.8, 4) is 0 Å². The van der Waals surface area contributed by atoms with Crippen LogP contribution in [0.1, 0.15) is 39.0 Å². The van der Waals surface area contributed by atoms with Gasteiger partial charge in [-0.15, -0.1) is 0 Å². The van der Waals surface area contributed by atoms with E-state index in [9.17, 15) is 81.2 Å². The molecule has 1 aromatic rings. The molecule has 3 fully saturated rings. The molecular weight excluding hydrogens is 1020 g/mol. The van der Waals surface area contributed by atoms with Gasteiger partial charge in [0.1, 0.15) is 67.1 Å². The first-order valence-corrected chi connectivity index (χ1v) is 24.5. The summed E-state index contributed by atoms with van der Waals surface area (Å²) < 4.78 is 99.5. The Morgan fingerprint density at radius 2 is 1.51 bits per heavy atom. The van der Waals surface area contributed by atoms with E-state index in [-0.39, 0.29) is 94.6 Å². The zero-order chi connectivity index (χ0) is 47.5. The summed E-state index contributed by atoms with van der Waals surface area (Å²) in [5.74, 6) is -2.34. The number of carboxylic acids is 1. The third kappa shape index (κ3) is 21.1. The SMILES string of the molecule is CC(=O)N[C@H]1[C@@H](OC[C@@H](O)[C@@H](O)[C@H](O)[C@@H](O)CNc2cccc(NC(=O)CCCCC3CCSS3)c2)O[C@H](CO)[C@H](OS(=O)(=O)[O-])[C@@H]1O[C@@H]1O[C@H](C(=O)[O-])[C@@H](O)[C@H](OS(=O)(=O)[O-])[C@H]1O.[Na+].[Na+].[Na+]. The van der Waals surface area contributed by atoms with Crippen LogP contribution in [0.5, 0.6) is 0 Å². The number of anilines is 2. The molecule has 366 valence electrons. The van der Waals surface area contributed by atoms with E-state index in [0.717, 1.165) is 38.4 Å². The van der Waals surface area contributed by atoms with Crippen molar-refractivity contribution < 1.29 is 197 Å². The number of hydrogen-bond donors (Lipinski definition) is 10. The van der Waals surface area contributed by atoms with Crippen molar-refractivity contribution in [1.82, 2.24) is 5.32 Å². The maximum absolute atomic E-state index is 12.5. The fourth-order valence-corrected chi connectivity index (χ4v) is 10.8. The van der Waals surface area contributed by atoms with Crippen LogP contribution in [0.2, 0.25) is 0 Å². The number of aliphatic hydroxyl groups excluding tert-OH is 7. The molecule has 10 N–H and O–H groups in total. The first-order chi connectivity index (χ1) is 30.0. The molecule has 3 aliphatic heterocycles. The number of carboxylic acid groups (broad SMARTS) is 1. The number of aliphatic carboxylic acids is 1. The molecule has 67 heavy (non-hydrogen) atoms. The maximum atomic E-state index is 12.5. The summed E-state index contributed by atoms with van der Waals surface area (Å²) in [6.07, 6.45) is -25.8. The Morgan fingerprint density at radius 3 is 2.09 bits per heavy atom. The van der Waals surface area contributed by atoms with Crippen LogP contribution in [0.3, 0.4) is 0 Å². The maximum Gasteiger partial charge on any atom is 1.00 e. The van der Waals surface area contributed by atoms with Gasteiger partial charge in [-0.05, 0) is 37.5 Å². The Bertz CT molecular complexity index is 1930. The smallest absolute Gasteiger partial charge is 0.726 e. The van der Waals surface area contributed by atoms with Crippen molar-refractivity contribution in [1.29, 1.82) is 0 Å². The summed E-state index contributed by atoms with van der Waals surface area (Å²) in [7, 11) is -7.87. The second-order valence-electron chi connectivity index (χ2n) is 14.7. The van der Waals surface area contributed by atoms with Crippen LogP contribution in [0, 0.1) is 0 Å². The molecule has 4 rings (SSSR count). The minimum atomic E-state index is -5.80. The first-order valence-electron chi connectivity index (χ1n) is 19.4. The molecule has 0 saturated carbocycles. The standard InChI is InChI=1S/C34H53N3O23S4.3Na/c1-15(39)36-23-29(57-34-27(46)30(60-64(52,53)54)26(45)31(58-34)32(47)48)28(59-63(49,50)51)21(13-38)56-33(23)55-14-20(41)25(44)24(43)19(40)12-35-16-5-4-6-17(11-16)37-22(42)8-3-2-7-18-9-10-61-62-18;;;/h4-6,11,18-21,23-31,33-35,38,40-41,43-46H,2-3,7-10,12-14H2,1H3,(H,36,39)(H,37,42)(H,47,48)(H,49,50,51)(H,52,53,54);;;/q;3*+1/p-3/t18?,19-,20+,21+,23+,24+,25+,26-,27+,28-,29+,30-,31-,33-,34+;;;/m0.../s1. The zero-order valence-corrected chi connectivity index (χ0v) is 45.9. The van der Waals surface area contributed by atoms with E-state index in [0.29, 0.717) is 23.0 Å². The van der Waals surface area contributed by atoms with E-state index in [1.54, 1.807) is 24.3 Å². The fraction of sp³-hybridized carbons (Fsp3) is 0.735. The van der Waals surface area contributed by atoms with Gasteiger partial charge in [-0.3, -0.25) is 18.0 Å². The van der Waals surface area contributed by atoms with E-state index in [1.807, 2.05) is 21.6 Å². The molecule has 3 aliphatic rings. The van der Waals surface area contributed by atoms with Gasteiger partial charge >= 0.3 is 88.7 Å². The monoisotopic (exact) mass is 1070 g/mol. The molecule has 2 amide bonds. The molecule has 1 aromatic carbocycles.